The molecule has 0 spiro atoms. The van der Waals surface area contributed by atoms with Crippen LogP contribution in [0.4, 0.5) is 18.9 Å². The van der Waals surface area contributed by atoms with E-state index in [4.69, 9.17) is 23.2 Å². The zero-order valence-electron chi connectivity index (χ0n) is 12.5. The van der Waals surface area contributed by atoms with E-state index in [1.165, 1.54) is 6.20 Å². The topological polar surface area (TPSA) is 12.4 Å². The van der Waals surface area contributed by atoms with Gasteiger partial charge in [-0.05, 0) is 29.8 Å². The predicted octanol–water partition coefficient (Wildman–Crippen LogP) is 6.04. The highest BCUT2D eigenvalue weighted by Crippen LogP contribution is 2.39. The van der Waals surface area contributed by atoms with Gasteiger partial charge in [0, 0.05) is 27.8 Å². The first-order valence-corrected chi connectivity index (χ1v) is 7.73. The third-order valence-corrected chi connectivity index (χ3v) is 4.13. The number of halogens is 5. The van der Waals surface area contributed by atoms with Crippen LogP contribution in [0.1, 0.15) is 0 Å². The number of benzene rings is 2. The van der Waals surface area contributed by atoms with Gasteiger partial charge in [0.2, 0.25) is 5.71 Å². The van der Waals surface area contributed by atoms with Crippen LogP contribution in [0.15, 0.2) is 59.8 Å². The first kappa shape index (κ1) is 17.0. The van der Waals surface area contributed by atoms with Gasteiger partial charge in [0.25, 0.3) is 0 Å². The molecule has 1 aliphatic rings. The third kappa shape index (κ3) is 3.20. The van der Waals surface area contributed by atoms with Crippen molar-refractivity contribution in [2.75, 3.05) is 7.05 Å². The molecule has 1 aliphatic heterocycles. The minimum Gasteiger partial charge on any atom is -0.164 e. The van der Waals surface area contributed by atoms with Crippen molar-refractivity contribution in [3.63, 3.8) is 0 Å². The maximum Gasteiger partial charge on any atom is 0.438 e. The summed E-state index contributed by atoms with van der Waals surface area (Å²) in [6, 6.07) is 12.1. The SMILES string of the molecule is C[N+]1(c2ccccc2-c2cc(Cl)cc(Cl)c2)C=CC(C(F)(F)F)=N1. The maximum atomic E-state index is 12.9. The number of hydrogen-bond acceptors (Lipinski definition) is 1. The van der Waals surface area contributed by atoms with Crippen LogP contribution in [0.3, 0.4) is 0 Å². The van der Waals surface area contributed by atoms with E-state index in [1.54, 1.807) is 49.5 Å². The Hall–Kier alpha value is -1.82. The van der Waals surface area contributed by atoms with Crippen LogP contribution < -0.4 is 4.59 Å². The monoisotopic (exact) mass is 371 g/mol. The fourth-order valence-corrected chi connectivity index (χ4v) is 3.14. The Morgan fingerprint density at radius 2 is 1.62 bits per heavy atom. The molecule has 2 aromatic rings. The number of allylic oxidation sites excluding steroid dienone is 1. The molecule has 124 valence electrons. The molecular weight excluding hydrogens is 360 g/mol. The number of para-hydroxylation sites is 1. The summed E-state index contributed by atoms with van der Waals surface area (Å²) < 4.78 is 38.4. The van der Waals surface area contributed by atoms with Gasteiger partial charge in [-0.25, -0.2) is 0 Å². The number of alkyl halides is 3. The Balaban J connectivity index is 2.15. The maximum absolute atomic E-state index is 12.9. The molecule has 0 saturated carbocycles. The average Bonchev–Trinajstić information content (AvgIpc) is 2.90. The molecule has 24 heavy (non-hydrogen) atoms. The van der Waals surface area contributed by atoms with Gasteiger partial charge in [-0.3, -0.25) is 0 Å². The van der Waals surface area contributed by atoms with E-state index in [2.05, 4.69) is 5.10 Å². The highest BCUT2D eigenvalue weighted by molar-refractivity contribution is 6.35. The van der Waals surface area contributed by atoms with Crippen molar-refractivity contribution in [1.82, 2.24) is 4.59 Å². The van der Waals surface area contributed by atoms with E-state index in [-0.39, 0.29) is 4.59 Å². The fraction of sp³-hybridized carbons (Fsp3) is 0.118. The minimum atomic E-state index is -4.49. The van der Waals surface area contributed by atoms with Crippen LogP contribution in [-0.4, -0.2) is 18.9 Å². The van der Waals surface area contributed by atoms with Gasteiger partial charge >= 0.3 is 6.18 Å². The molecule has 1 heterocycles. The zero-order chi connectivity index (χ0) is 17.5. The van der Waals surface area contributed by atoms with E-state index >= 15 is 0 Å². The van der Waals surface area contributed by atoms with Gasteiger partial charge < -0.3 is 0 Å². The lowest BCUT2D eigenvalue weighted by Gasteiger charge is -2.23. The molecule has 0 radical (unpaired) electrons. The number of quaternary nitrogens is 1. The molecule has 0 amide bonds. The predicted molar refractivity (Wildman–Crippen MR) is 92.2 cm³/mol. The van der Waals surface area contributed by atoms with Gasteiger partial charge in [-0.15, -0.1) is 4.59 Å². The van der Waals surface area contributed by atoms with Crippen LogP contribution in [0.5, 0.6) is 0 Å². The number of nitrogens with zero attached hydrogens (tertiary/aromatic N) is 2. The third-order valence-electron chi connectivity index (χ3n) is 3.69. The Morgan fingerprint density at radius 3 is 2.21 bits per heavy atom. The van der Waals surface area contributed by atoms with Crippen LogP contribution in [-0.2, 0) is 0 Å². The number of rotatable bonds is 2. The van der Waals surface area contributed by atoms with Crippen molar-refractivity contribution < 1.29 is 13.2 Å². The van der Waals surface area contributed by atoms with E-state index in [0.29, 0.717) is 26.9 Å². The second-order valence-electron chi connectivity index (χ2n) is 5.50. The number of hydrogen-bond donors (Lipinski definition) is 0. The molecule has 1 unspecified atom stereocenters. The quantitative estimate of drug-likeness (QED) is 0.570. The molecule has 2 aromatic carbocycles. The van der Waals surface area contributed by atoms with E-state index in [0.717, 1.165) is 6.08 Å². The lowest BCUT2D eigenvalue weighted by atomic mass is 10.0. The van der Waals surface area contributed by atoms with Crippen LogP contribution >= 0.6 is 23.2 Å². The Labute approximate surface area is 147 Å². The fourth-order valence-electron chi connectivity index (χ4n) is 2.61. The first-order valence-electron chi connectivity index (χ1n) is 6.98. The van der Waals surface area contributed by atoms with Crippen molar-refractivity contribution >= 4 is 34.6 Å². The summed E-state index contributed by atoms with van der Waals surface area (Å²) in [5, 5.41) is 4.75. The van der Waals surface area contributed by atoms with E-state index in [9.17, 15) is 13.2 Å². The average molecular weight is 372 g/mol. The summed E-state index contributed by atoms with van der Waals surface area (Å²) in [6.07, 6.45) is -2.10. The Morgan fingerprint density at radius 1 is 1.00 bits per heavy atom. The largest absolute Gasteiger partial charge is 0.438 e. The summed E-state index contributed by atoms with van der Waals surface area (Å²) in [4.78, 5) is 0. The molecule has 1 atom stereocenters. The minimum absolute atomic E-state index is 0.338. The van der Waals surface area contributed by atoms with Crippen LogP contribution in [0, 0.1) is 0 Å². The van der Waals surface area contributed by atoms with Crippen molar-refractivity contribution in [3.05, 3.63) is 64.8 Å². The molecule has 2 nitrogen and oxygen atoms in total. The molecule has 0 saturated heterocycles. The molecule has 3 rings (SSSR count). The van der Waals surface area contributed by atoms with Crippen molar-refractivity contribution in [1.29, 1.82) is 0 Å². The summed E-state index contributed by atoms with van der Waals surface area (Å²) in [5.74, 6) is 0. The molecule has 0 bridgehead atoms. The highest BCUT2D eigenvalue weighted by Gasteiger charge is 2.43. The van der Waals surface area contributed by atoms with Gasteiger partial charge in [-0.1, -0.05) is 40.4 Å². The second kappa shape index (κ2) is 5.92. The zero-order valence-corrected chi connectivity index (χ0v) is 14.0. The molecule has 0 aromatic heterocycles. The van der Waals surface area contributed by atoms with Crippen molar-refractivity contribution in [2.45, 2.75) is 6.18 Å². The normalized spacial score (nSPS) is 20.3. The lowest BCUT2D eigenvalue weighted by molar-refractivity contribution is -0.0581. The van der Waals surface area contributed by atoms with Crippen molar-refractivity contribution in [3.8, 4) is 11.1 Å². The Bertz CT molecular complexity index is 839. The molecule has 0 N–H and O–H groups in total. The van der Waals surface area contributed by atoms with E-state index in [1.807, 2.05) is 0 Å². The van der Waals surface area contributed by atoms with Gasteiger partial charge in [0.05, 0.1) is 0 Å². The Kier molecular flexibility index (Phi) is 4.20. The molecular formula is C17H12Cl2F3N2+. The second-order valence-corrected chi connectivity index (χ2v) is 6.37. The standard InChI is InChI=1S/C17H12Cl2F3N2/c1-24(7-6-16(23-24)17(20,21)22)15-5-3-2-4-14(15)11-8-12(18)10-13(19)9-11/h2-10H,1H3/q+1. The molecule has 0 fully saturated rings. The molecule has 0 aliphatic carbocycles. The van der Waals surface area contributed by atoms with Crippen LogP contribution in [0.2, 0.25) is 10.0 Å². The van der Waals surface area contributed by atoms with Crippen molar-refractivity contribution in [2.24, 2.45) is 5.10 Å². The molecule has 7 heteroatoms. The summed E-state index contributed by atoms with van der Waals surface area (Å²) in [7, 11) is 1.58. The van der Waals surface area contributed by atoms with Gasteiger partial charge in [0.1, 0.15) is 13.2 Å². The summed E-state index contributed by atoms with van der Waals surface area (Å²) >= 11 is 12.1. The van der Waals surface area contributed by atoms with Gasteiger partial charge in [-0.2, -0.15) is 13.2 Å². The summed E-state index contributed by atoms with van der Waals surface area (Å²) in [6.45, 7) is 0. The van der Waals surface area contributed by atoms with Crippen LogP contribution in [0.25, 0.3) is 11.1 Å². The highest BCUT2D eigenvalue weighted by atomic mass is 35.5. The first-order chi connectivity index (χ1) is 11.2. The summed E-state index contributed by atoms with van der Waals surface area (Å²) in [5.41, 5.74) is 1.10. The van der Waals surface area contributed by atoms with E-state index < -0.39 is 11.9 Å². The smallest absolute Gasteiger partial charge is 0.164 e. The lowest BCUT2D eigenvalue weighted by Crippen LogP contribution is -2.32. The van der Waals surface area contributed by atoms with Gasteiger partial charge in [0.15, 0.2) is 5.69 Å².